The van der Waals surface area contributed by atoms with E-state index in [2.05, 4.69) is 10.6 Å². The molecule has 2 amide bonds. The molecule has 0 fully saturated rings. The normalized spacial score (nSPS) is 9.95. The molecule has 22 heavy (non-hydrogen) atoms. The fourth-order valence-electron chi connectivity index (χ4n) is 1.89. The molecule has 6 heteroatoms. The van der Waals surface area contributed by atoms with Gasteiger partial charge < -0.3 is 15.4 Å². The van der Waals surface area contributed by atoms with Crippen LogP contribution in [0.4, 0.5) is 11.4 Å². The molecule has 2 aromatic carbocycles. The maximum absolute atomic E-state index is 12.3. The Labute approximate surface area is 133 Å². The molecule has 0 saturated heterocycles. The second-order valence-corrected chi connectivity index (χ2v) is 4.93. The molecule has 0 atom stereocenters. The third-order valence-corrected chi connectivity index (χ3v) is 3.23. The van der Waals surface area contributed by atoms with Crippen LogP contribution in [0.3, 0.4) is 0 Å². The zero-order valence-corrected chi connectivity index (χ0v) is 12.9. The molecular weight excluding hydrogens is 304 g/mol. The third-order valence-electron chi connectivity index (χ3n) is 2.90. The standard InChI is InChI=1S/C16H15ClN2O3/c1-10(20)18-14-8-7-11(22-2)9-15(14)19-16(21)12-5-3-4-6-13(12)17/h3-9H,1-2H3,(H,18,20)(H,19,21). The molecule has 2 rings (SSSR count). The van der Waals surface area contributed by atoms with Crippen molar-refractivity contribution in [1.82, 2.24) is 0 Å². The Morgan fingerprint density at radius 3 is 2.41 bits per heavy atom. The lowest BCUT2D eigenvalue weighted by Crippen LogP contribution is -2.15. The van der Waals surface area contributed by atoms with Gasteiger partial charge >= 0.3 is 0 Å². The van der Waals surface area contributed by atoms with Gasteiger partial charge in [0.1, 0.15) is 5.75 Å². The van der Waals surface area contributed by atoms with Crippen LogP contribution in [0.25, 0.3) is 0 Å². The van der Waals surface area contributed by atoms with E-state index in [1.807, 2.05) is 0 Å². The van der Waals surface area contributed by atoms with Gasteiger partial charge in [-0.2, -0.15) is 0 Å². The summed E-state index contributed by atoms with van der Waals surface area (Å²) in [4.78, 5) is 23.6. The average molecular weight is 319 g/mol. The minimum absolute atomic E-state index is 0.238. The molecule has 0 radical (unpaired) electrons. The van der Waals surface area contributed by atoms with E-state index in [-0.39, 0.29) is 11.8 Å². The number of rotatable bonds is 4. The van der Waals surface area contributed by atoms with Crippen molar-refractivity contribution in [3.8, 4) is 5.75 Å². The smallest absolute Gasteiger partial charge is 0.257 e. The number of halogens is 1. The molecule has 114 valence electrons. The van der Waals surface area contributed by atoms with Gasteiger partial charge in [0.05, 0.1) is 29.1 Å². The Bertz CT molecular complexity index is 716. The fourth-order valence-corrected chi connectivity index (χ4v) is 2.11. The van der Waals surface area contributed by atoms with E-state index in [1.54, 1.807) is 42.5 Å². The molecule has 0 aliphatic heterocycles. The maximum Gasteiger partial charge on any atom is 0.257 e. The molecule has 0 aliphatic rings. The molecule has 0 spiro atoms. The van der Waals surface area contributed by atoms with Crippen molar-refractivity contribution in [3.63, 3.8) is 0 Å². The van der Waals surface area contributed by atoms with Crippen LogP contribution in [-0.2, 0) is 4.79 Å². The van der Waals surface area contributed by atoms with Gasteiger partial charge in [0.15, 0.2) is 0 Å². The Morgan fingerprint density at radius 2 is 1.77 bits per heavy atom. The summed E-state index contributed by atoms with van der Waals surface area (Å²) >= 11 is 6.01. The van der Waals surface area contributed by atoms with Crippen molar-refractivity contribution in [2.45, 2.75) is 6.92 Å². The molecule has 0 aliphatic carbocycles. The molecule has 2 aromatic rings. The maximum atomic E-state index is 12.3. The molecule has 5 nitrogen and oxygen atoms in total. The predicted octanol–water partition coefficient (Wildman–Crippen LogP) is 3.56. The Hall–Kier alpha value is -2.53. The van der Waals surface area contributed by atoms with E-state index < -0.39 is 0 Å². The van der Waals surface area contributed by atoms with E-state index >= 15 is 0 Å². The number of nitrogens with one attached hydrogen (secondary N) is 2. The minimum atomic E-state index is -0.370. The predicted molar refractivity (Wildman–Crippen MR) is 86.7 cm³/mol. The van der Waals surface area contributed by atoms with Crippen LogP contribution >= 0.6 is 11.6 Å². The molecule has 2 N–H and O–H groups in total. The highest BCUT2D eigenvalue weighted by molar-refractivity contribution is 6.34. The monoisotopic (exact) mass is 318 g/mol. The lowest BCUT2D eigenvalue weighted by molar-refractivity contribution is -0.114. The van der Waals surface area contributed by atoms with Crippen molar-refractivity contribution in [1.29, 1.82) is 0 Å². The van der Waals surface area contributed by atoms with Gasteiger partial charge in [-0.3, -0.25) is 9.59 Å². The first-order valence-electron chi connectivity index (χ1n) is 6.52. The second kappa shape index (κ2) is 6.95. The minimum Gasteiger partial charge on any atom is -0.497 e. The largest absolute Gasteiger partial charge is 0.497 e. The number of carbonyl (C=O) groups excluding carboxylic acids is 2. The Morgan fingerprint density at radius 1 is 1.05 bits per heavy atom. The highest BCUT2D eigenvalue weighted by Gasteiger charge is 2.13. The topological polar surface area (TPSA) is 67.4 Å². The summed E-state index contributed by atoms with van der Waals surface area (Å²) in [6, 6.07) is 11.7. The Kier molecular flexibility index (Phi) is 5.01. The van der Waals surface area contributed by atoms with E-state index in [9.17, 15) is 9.59 Å². The Balaban J connectivity index is 2.32. The van der Waals surface area contributed by atoms with Crippen molar-refractivity contribution in [2.75, 3.05) is 17.7 Å². The van der Waals surface area contributed by atoms with E-state index in [1.165, 1.54) is 14.0 Å². The fraction of sp³-hybridized carbons (Fsp3) is 0.125. The number of methoxy groups -OCH3 is 1. The van der Waals surface area contributed by atoms with Gasteiger partial charge in [-0.1, -0.05) is 23.7 Å². The summed E-state index contributed by atoms with van der Waals surface area (Å²) < 4.78 is 5.14. The van der Waals surface area contributed by atoms with Crippen LogP contribution < -0.4 is 15.4 Å². The summed E-state index contributed by atoms with van der Waals surface area (Å²) in [7, 11) is 1.52. The van der Waals surface area contributed by atoms with Crippen molar-refractivity contribution < 1.29 is 14.3 Å². The highest BCUT2D eigenvalue weighted by atomic mass is 35.5. The number of anilines is 2. The summed E-state index contributed by atoms with van der Waals surface area (Å²) in [6.45, 7) is 1.39. The van der Waals surface area contributed by atoms with Crippen LogP contribution in [-0.4, -0.2) is 18.9 Å². The SMILES string of the molecule is COc1ccc(NC(C)=O)c(NC(=O)c2ccccc2Cl)c1. The van der Waals surface area contributed by atoms with Crippen molar-refractivity contribution in [2.24, 2.45) is 0 Å². The number of ether oxygens (including phenoxy) is 1. The molecule has 0 saturated carbocycles. The second-order valence-electron chi connectivity index (χ2n) is 4.53. The van der Waals surface area contributed by atoms with Gasteiger partial charge in [0.2, 0.25) is 5.91 Å². The van der Waals surface area contributed by atoms with E-state index in [0.29, 0.717) is 27.7 Å². The molecule has 0 unspecified atom stereocenters. The summed E-state index contributed by atoms with van der Waals surface area (Å²) in [6.07, 6.45) is 0. The highest BCUT2D eigenvalue weighted by Crippen LogP contribution is 2.28. The van der Waals surface area contributed by atoms with Gasteiger partial charge in [-0.15, -0.1) is 0 Å². The number of hydrogen-bond donors (Lipinski definition) is 2. The van der Waals surface area contributed by atoms with Crippen LogP contribution in [0.1, 0.15) is 17.3 Å². The third kappa shape index (κ3) is 3.77. The quantitative estimate of drug-likeness (QED) is 0.905. The number of carbonyl (C=O) groups is 2. The zero-order valence-electron chi connectivity index (χ0n) is 12.1. The zero-order chi connectivity index (χ0) is 16.1. The van der Waals surface area contributed by atoms with Gasteiger partial charge in [0.25, 0.3) is 5.91 Å². The molecule has 0 heterocycles. The first-order valence-corrected chi connectivity index (χ1v) is 6.90. The first kappa shape index (κ1) is 15.9. The van der Waals surface area contributed by atoms with Crippen molar-refractivity contribution in [3.05, 3.63) is 53.1 Å². The molecular formula is C16H15ClN2O3. The number of benzene rings is 2. The molecule has 0 aromatic heterocycles. The van der Waals surface area contributed by atoms with Crippen LogP contribution in [0.5, 0.6) is 5.75 Å². The van der Waals surface area contributed by atoms with Crippen molar-refractivity contribution >= 4 is 34.8 Å². The lowest BCUT2D eigenvalue weighted by atomic mass is 10.2. The van der Waals surface area contributed by atoms with E-state index in [4.69, 9.17) is 16.3 Å². The van der Waals surface area contributed by atoms with Crippen LogP contribution in [0.2, 0.25) is 5.02 Å². The summed E-state index contributed by atoms with van der Waals surface area (Å²) in [5.74, 6) is -0.0487. The average Bonchev–Trinajstić information content (AvgIpc) is 2.48. The van der Waals surface area contributed by atoms with Gasteiger partial charge in [-0.25, -0.2) is 0 Å². The van der Waals surface area contributed by atoms with Crippen LogP contribution in [0.15, 0.2) is 42.5 Å². The molecule has 0 bridgehead atoms. The van der Waals surface area contributed by atoms with Crippen LogP contribution in [0, 0.1) is 0 Å². The number of amides is 2. The number of hydrogen-bond acceptors (Lipinski definition) is 3. The van der Waals surface area contributed by atoms with E-state index in [0.717, 1.165) is 0 Å². The summed E-state index contributed by atoms with van der Waals surface area (Å²) in [5.41, 5.74) is 1.26. The lowest BCUT2D eigenvalue weighted by Gasteiger charge is -2.13. The first-order chi connectivity index (χ1) is 10.5. The summed E-state index contributed by atoms with van der Waals surface area (Å²) in [5, 5.41) is 5.73. The van der Waals surface area contributed by atoms with Gasteiger partial charge in [0, 0.05) is 13.0 Å². The van der Waals surface area contributed by atoms with Gasteiger partial charge in [-0.05, 0) is 24.3 Å².